The Bertz CT molecular complexity index is 580. The molecule has 6 nitrogen and oxygen atoms in total. The van der Waals surface area contributed by atoms with Crippen molar-refractivity contribution in [3.8, 4) is 11.5 Å². The molecule has 1 N–H and O–H groups in total. The largest absolute Gasteiger partial charge is 0.486 e. The molecule has 1 aromatic rings. The molecule has 0 radical (unpaired) electrons. The molecule has 23 heavy (non-hydrogen) atoms. The van der Waals surface area contributed by atoms with Gasteiger partial charge in [0.1, 0.15) is 19.3 Å². The Kier molecular flexibility index (Phi) is 5.25. The van der Waals surface area contributed by atoms with Crippen LogP contribution in [0.5, 0.6) is 11.5 Å². The SMILES string of the molecule is CCO[C@H]1COC[C@@H]1NC(=O)Cc1cc2c(cc1Cl)OCCO2. The highest BCUT2D eigenvalue weighted by Gasteiger charge is 2.30. The summed E-state index contributed by atoms with van der Waals surface area (Å²) in [5, 5.41) is 3.44. The number of carbonyl (C=O) groups is 1. The zero-order valence-corrected chi connectivity index (χ0v) is 13.7. The molecule has 1 fully saturated rings. The van der Waals surface area contributed by atoms with Gasteiger partial charge < -0.3 is 24.3 Å². The fourth-order valence-corrected chi connectivity index (χ4v) is 2.94. The predicted molar refractivity (Wildman–Crippen MR) is 84.3 cm³/mol. The summed E-state index contributed by atoms with van der Waals surface area (Å²) < 4.78 is 21.9. The van der Waals surface area contributed by atoms with Crippen LogP contribution < -0.4 is 14.8 Å². The first-order valence-electron chi connectivity index (χ1n) is 7.74. The standard InChI is InChI=1S/C16H20ClNO5/c1-2-21-15-9-20-8-12(15)18-16(19)6-10-5-13-14(7-11(10)17)23-4-3-22-13/h5,7,12,15H,2-4,6,8-9H2,1H3,(H,18,19)/t12-,15-/m0/s1. The van der Waals surface area contributed by atoms with Crippen LogP contribution in [0.25, 0.3) is 0 Å². The lowest BCUT2D eigenvalue weighted by Crippen LogP contribution is -2.44. The molecule has 2 aliphatic heterocycles. The molecule has 0 aliphatic carbocycles. The van der Waals surface area contributed by atoms with Gasteiger partial charge in [0.2, 0.25) is 5.91 Å². The van der Waals surface area contributed by atoms with Gasteiger partial charge in [0.25, 0.3) is 0 Å². The topological polar surface area (TPSA) is 66.0 Å². The molecule has 0 aromatic heterocycles. The molecule has 0 saturated carbocycles. The van der Waals surface area contributed by atoms with Gasteiger partial charge in [-0.2, -0.15) is 0 Å². The van der Waals surface area contributed by atoms with E-state index < -0.39 is 0 Å². The number of nitrogens with one attached hydrogen (secondary N) is 1. The molecule has 1 aromatic carbocycles. The molecule has 0 bridgehead atoms. The molecule has 1 saturated heterocycles. The van der Waals surface area contributed by atoms with Gasteiger partial charge in [-0.15, -0.1) is 0 Å². The highest BCUT2D eigenvalue weighted by atomic mass is 35.5. The summed E-state index contributed by atoms with van der Waals surface area (Å²) in [7, 11) is 0. The number of amides is 1. The average molecular weight is 342 g/mol. The van der Waals surface area contributed by atoms with E-state index in [0.717, 1.165) is 0 Å². The Labute approximate surface area is 140 Å². The second-order valence-electron chi connectivity index (χ2n) is 5.47. The van der Waals surface area contributed by atoms with E-state index >= 15 is 0 Å². The number of hydrogen-bond donors (Lipinski definition) is 1. The van der Waals surface area contributed by atoms with Crippen molar-refractivity contribution in [2.75, 3.05) is 33.0 Å². The minimum absolute atomic E-state index is 0.0975. The van der Waals surface area contributed by atoms with Gasteiger partial charge in [-0.05, 0) is 18.6 Å². The first-order chi connectivity index (χ1) is 11.2. The zero-order valence-electron chi connectivity index (χ0n) is 13.0. The second-order valence-corrected chi connectivity index (χ2v) is 5.88. The summed E-state index contributed by atoms with van der Waals surface area (Å²) >= 11 is 6.24. The van der Waals surface area contributed by atoms with Crippen LogP contribution in [0.4, 0.5) is 0 Å². The van der Waals surface area contributed by atoms with Crippen LogP contribution in [0, 0.1) is 0 Å². The van der Waals surface area contributed by atoms with Gasteiger partial charge in [0.15, 0.2) is 11.5 Å². The summed E-state index contributed by atoms with van der Waals surface area (Å²) in [6.45, 7) is 4.48. The van der Waals surface area contributed by atoms with E-state index in [-0.39, 0.29) is 24.5 Å². The molecule has 7 heteroatoms. The molecule has 0 spiro atoms. The number of fused-ring (bicyclic) bond motifs is 1. The molecule has 3 rings (SSSR count). The van der Waals surface area contributed by atoms with E-state index in [4.69, 9.17) is 30.5 Å². The highest BCUT2D eigenvalue weighted by molar-refractivity contribution is 6.31. The van der Waals surface area contributed by atoms with E-state index in [1.807, 2.05) is 6.92 Å². The number of ether oxygens (including phenoxy) is 4. The number of rotatable bonds is 5. The van der Waals surface area contributed by atoms with Crippen LogP contribution in [-0.4, -0.2) is 51.1 Å². The summed E-state index contributed by atoms with van der Waals surface area (Å²) in [5.74, 6) is 1.12. The number of halogens is 1. The van der Waals surface area contributed by atoms with E-state index in [2.05, 4.69) is 5.32 Å². The lowest BCUT2D eigenvalue weighted by Gasteiger charge is -2.21. The predicted octanol–water partition coefficient (Wildman–Crippen LogP) is 1.57. The van der Waals surface area contributed by atoms with E-state index in [9.17, 15) is 4.79 Å². The second kappa shape index (κ2) is 7.38. The van der Waals surface area contributed by atoms with Crippen molar-refractivity contribution in [3.63, 3.8) is 0 Å². The smallest absolute Gasteiger partial charge is 0.224 e. The van der Waals surface area contributed by atoms with Crippen LogP contribution >= 0.6 is 11.6 Å². The maximum Gasteiger partial charge on any atom is 0.224 e. The zero-order chi connectivity index (χ0) is 16.2. The van der Waals surface area contributed by atoms with Crippen molar-refractivity contribution in [3.05, 3.63) is 22.7 Å². The van der Waals surface area contributed by atoms with Crippen LogP contribution in [0.15, 0.2) is 12.1 Å². The maximum absolute atomic E-state index is 12.3. The molecule has 1 amide bonds. The van der Waals surface area contributed by atoms with Crippen molar-refractivity contribution in [2.24, 2.45) is 0 Å². The molecule has 2 heterocycles. The molecular formula is C16H20ClNO5. The average Bonchev–Trinajstić information content (AvgIpc) is 2.95. The van der Waals surface area contributed by atoms with Gasteiger partial charge in [0, 0.05) is 17.7 Å². The van der Waals surface area contributed by atoms with Gasteiger partial charge >= 0.3 is 0 Å². The fourth-order valence-electron chi connectivity index (χ4n) is 2.72. The van der Waals surface area contributed by atoms with Gasteiger partial charge in [-0.1, -0.05) is 11.6 Å². The third kappa shape index (κ3) is 3.88. The Morgan fingerprint density at radius 1 is 1.30 bits per heavy atom. The lowest BCUT2D eigenvalue weighted by atomic mass is 10.1. The van der Waals surface area contributed by atoms with Crippen LogP contribution in [0.1, 0.15) is 12.5 Å². The van der Waals surface area contributed by atoms with Gasteiger partial charge in [0.05, 0.1) is 25.7 Å². The van der Waals surface area contributed by atoms with Gasteiger partial charge in [-0.3, -0.25) is 4.79 Å². The van der Waals surface area contributed by atoms with Crippen LogP contribution in [-0.2, 0) is 20.7 Å². The quantitative estimate of drug-likeness (QED) is 0.880. The third-order valence-electron chi connectivity index (χ3n) is 3.82. The Hall–Kier alpha value is -1.50. The first-order valence-corrected chi connectivity index (χ1v) is 8.12. The number of carbonyl (C=O) groups excluding carboxylic acids is 1. The molecule has 2 atom stereocenters. The van der Waals surface area contributed by atoms with Crippen molar-refractivity contribution in [1.82, 2.24) is 5.32 Å². The van der Waals surface area contributed by atoms with Crippen molar-refractivity contribution < 1.29 is 23.7 Å². The number of hydrogen-bond acceptors (Lipinski definition) is 5. The van der Waals surface area contributed by atoms with Crippen molar-refractivity contribution in [1.29, 1.82) is 0 Å². The van der Waals surface area contributed by atoms with E-state index in [1.165, 1.54) is 0 Å². The minimum Gasteiger partial charge on any atom is -0.486 e. The molecule has 126 valence electrons. The highest BCUT2D eigenvalue weighted by Crippen LogP contribution is 2.35. The minimum atomic E-state index is -0.126. The third-order valence-corrected chi connectivity index (χ3v) is 4.17. The summed E-state index contributed by atoms with van der Waals surface area (Å²) in [5.41, 5.74) is 0.709. The fraction of sp³-hybridized carbons (Fsp3) is 0.562. The van der Waals surface area contributed by atoms with E-state index in [0.29, 0.717) is 55.1 Å². The molecular weight excluding hydrogens is 322 g/mol. The molecule has 0 unspecified atom stereocenters. The Morgan fingerprint density at radius 2 is 2.04 bits per heavy atom. The Balaban J connectivity index is 1.63. The molecule has 2 aliphatic rings. The van der Waals surface area contributed by atoms with Crippen molar-refractivity contribution >= 4 is 17.5 Å². The summed E-state index contributed by atoms with van der Waals surface area (Å²) in [4.78, 5) is 12.3. The van der Waals surface area contributed by atoms with Crippen LogP contribution in [0.3, 0.4) is 0 Å². The lowest BCUT2D eigenvalue weighted by molar-refractivity contribution is -0.121. The van der Waals surface area contributed by atoms with Crippen LogP contribution in [0.2, 0.25) is 5.02 Å². The summed E-state index contributed by atoms with van der Waals surface area (Å²) in [6.07, 6.45) is 0.0739. The number of benzene rings is 1. The van der Waals surface area contributed by atoms with E-state index in [1.54, 1.807) is 12.1 Å². The maximum atomic E-state index is 12.3. The normalized spacial score (nSPS) is 22.9. The Morgan fingerprint density at radius 3 is 2.78 bits per heavy atom. The summed E-state index contributed by atoms with van der Waals surface area (Å²) in [6, 6.07) is 3.33. The monoisotopic (exact) mass is 341 g/mol. The van der Waals surface area contributed by atoms with Gasteiger partial charge in [-0.25, -0.2) is 0 Å². The first kappa shape index (κ1) is 16.4. The van der Waals surface area contributed by atoms with Crippen molar-refractivity contribution in [2.45, 2.75) is 25.5 Å².